The van der Waals surface area contributed by atoms with Crippen LogP contribution in [0.3, 0.4) is 0 Å². The van der Waals surface area contributed by atoms with Gasteiger partial charge in [-0.15, -0.1) is 0 Å². The number of halogens is 4. The van der Waals surface area contributed by atoms with Crippen LogP contribution in [0, 0.1) is 0 Å². The number of hydrogen-bond donors (Lipinski definition) is 3. The zero-order valence-electron chi connectivity index (χ0n) is 10.8. The standard InChI is InChI=1S/C12H13ClF3N3O2/c13-9-4-2-1-3-8(9)10(20)17-5-6-18-11(21)19-7-12(14,15)16/h1-4H,5-7H2,(H,17,20)(H2,18,19,21). The molecule has 0 aliphatic rings. The summed E-state index contributed by atoms with van der Waals surface area (Å²) in [6.45, 7) is -1.37. The van der Waals surface area contributed by atoms with Crippen LogP contribution in [-0.2, 0) is 0 Å². The van der Waals surface area contributed by atoms with Crippen molar-refractivity contribution in [1.82, 2.24) is 16.0 Å². The van der Waals surface area contributed by atoms with E-state index in [-0.39, 0.29) is 23.7 Å². The third-order valence-electron chi connectivity index (χ3n) is 2.26. The van der Waals surface area contributed by atoms with Gasteiger partial charge in [-0.2, -0.15) is 13.2 Å². The summed E-state index contributed by atoms with van der Waals surface area (Å²) in [6.07, 6.45) is -4.46. The van der Waals surface area contributed by atoms with E-state index in [4.69, 9.17) is 11.6 Å². The molecule has 9 heteroatoms. The predicted octanol–water partition coefficient (Wildman–Crippen LogP) is 1.93. The van der Waals surface area contributed by atoms with Crippen molar-refractivity contribution in [2.45, 2.75) is 6.18 Å². The number of amides is 3. The molecule has 0 radical (unpaired) electrons. The number of urea groups is 1. The highest BCUT2D eigenvalue weighted by Crippen LogP contribution is 2.14. The van der Waals surface area contributed by atoms with Crippen LogP contribution in [0.15, 0.2) is 24.3 Å². The number of carbonyl (C=O) groups excluding carboxylic acids is 2. The number of nitrogens with one attached hydrogen (secondary N) is 3. The van der Waals surface area contributed by atoms with E-state index in [0.717, 1.165) is 0 Å². The Balaban J connectivity index is 2.24. The fourth-order valence-corrected chi connectivity index (χ4v) is 1.56. The molecular formula is C12H13ClF3N3O2. The molecule has 0 fully saturated rings. The van der Waals surface area contributed by atoms with Crippen molar-refractivity contribution in [3.05, 3.63) is 34.9 Å². The molecule has 0 heterocycles. The fraction of sp³-hybridized carbons (Fsp3) is 0.333. The van der Waals surface area contributed by atoms with Gasteiger partial charge in [0, 0.05) is 13.1 Å². The zero-order valence-corrected chi connectivity index (χ0v) is 11.5. The van der Waals surface area contributed by atoms with Crippen LogP contribution < -0.4 is 16.0 Å². The van der Waals surface area contributed by atoms with Crippen molar-refractivity contribution in [3.63, 3.8) is 0 Å². The highest BCUT2D eigenvalue weighted by atomic mass is 35.5. The molecule has 1 rings (SSSR count). The average molecular weight is 324 g/mol. The van der Waals surface area contributed by atoms with Gasteiger partial charge in [0.05, 0.1) is 10.6 Å². The van der Waals surface area contributed by atoms with E-state index >= 15 is 0 Å². The number of rotatable bonds is 5. The monoisotopic (exact) mass is 323 g/mol. The van der Waals surface area contributed by atoms with Gasteiger partial charge in [0.2, 0.25) is 0 Å². The normalized spacial score (nSPS) is 10.9. The number of alkyl halides is 3. The highest BCUT2D eigenvalue weighted by Gasteiger charge is 2.27. The summed E-state index contributed by atoms with van der Waals surface area (Å²) in [5.74, 6) is -0.432. The van der Waals surface area contributed by atoms with Crippen LogP contribution in [0.25, 0.3) is 0 Å². The van der Waals surface area contributed by atoms with E-state index < -0.39 is 24.7 Å². The van der Waals surface area contributed by atoms with Crippen molar-refractivity contribution in [3.8, 4) is 0 Å². The lowest BCUT2D eigenvalue weighted by Crippen LogP contribution is -2.43. The molecule has 0 bridgehead atoms. The van der Waals surface area contributed by atoms with Gasteiger partial charge in [-0.3, -0.25) is 4.79 Å². The summed E-state index contributed by atoms with van der Waals surface area (Å²) in [5, 5.41) is 6.58. The summed E-state index contributed by atoms with van der Waals surface area (Å²) in [7, 11) is 0. The Morgan fingerprint density at radius 3 is 2.29 bits per heavy atom. The smallest absolute Gasteiger partial charge is 0.350 e. The van der Waals surface area contributed by atoms with Gasteiger partial charge in [-0.05, 0) is 12.1 Å². The molecular weight excluding hydrogens is 311 g/mol. The Kier molecular flexibility index (Phi) is 6.29. The van der Waals surface area contributed by atoms with E-state index in [1.807, 2.05) is 0 Å². The van der Waals surface area contributed by atoms with E-state index in [9.17, 15) is 22.8 Å². The van der Waals surface area contributed by atoms with Gasteiger partial charge in [-0.25, -0.2) is 4.79 Å². The van der Waals surface area contributed by atoms with Crippen molar-refractivity contribution >= 4 is 23.5 Å². The Bertz CT molecular complexity index is 509. The molecule has 0 aliphatic heterocycles. The second-order valence-electron chi connectivity index (χ2n) is 3.96. The Hall–Kier alpha value is -1.96. The second kappa shape index (κ2) is 7.72. The van der Waals surface area contributed by atoms with Crippen LogP contribution in [0.1, 0.15) is 10.4 Å². The number of benzene rings is 1. The molecule has 0 atom stereocenters. The minimum Gasteiger partial charge on any atom is -0.350 e. The lowest BCUT2D eigenvalue weighted by atomic mass is 10.2. The zero-order chi connectivity index (χ0) is 15.9. The lowest BCUT2D eigenvalue weighted by molar-refractivity contribution is -0.122. The largest absolute Gasteiger partial charge is 0.405 e. The fourth-order valence-electron chi connectivity index (χ4n) is 1.34. The van der Waals surface area contributed by atoms with Gasteiger partial charge in [-0.1, -0.05) is 23.7 Å². The second-order valence-corrected chi connectivity index (χ2v) is 4.37. The topological polar surface area (TPSA) is 70.2 Å². The van der Waals surface area contributed by atoms with E-state index in [1.165, 1.54) is 6.07 Å². The number of carbonyl (C=O) groups is 2. The molecule has 0 saturated carbocycles. The van der Waals surface area contributed by atoms with Crippen LogP contribution in [-0.4, -0.2) is 37.7 Å². The summed E-state index contributed by atoms with van der Waals surface area (Å²) < 4.78 is 35.5. The van der Waals surface area contributed by atoms with Crippen molar-refractivity contribution in [2.24, 2.45) is 0 Å². The van der Waals surface area contributed by atoms with Gasteiger partial charge in [0.25, 0.3) is 5.91 Å². The molecule has 0 aliphatic carbocycles. The Morgan fingerprint density at radius 2 is 1.67 bits per heavy atom. The predicted molar refractivity (Wildman–Crippen MR) is 71.2 cm³/mol. The molecule has 1 aromatic rings. The first-order chi connectivity index (χ1) is 9.79. The minimum atomic E-state index is -4.46. The molecule has 21 heavy (non-hydrogen) atoms. The minimum absolute atomic E-state index is 0.0140. The Morgan fingerprint density at radius 1 is 1.05 bits per heavy atom. The Labute approximate surface area is 123 Å². The van der Waals surface area contributed by atoms with Gasteiger partial charge >= 0.3 is 12.2 Å². The van der Waals surface area contributed by atoms with Crippen LogP contribution in [0.4, 0.5) is 18.0 Å². The summed E-state index contributed by atoms with van der Waals surface area (Å²) >= 11 is 5.82. The summed E-state index contributed by atoms with van der Waals surface area (Å²) in [4.78, 5) is 22.7. The highest BCUT2D eigenvalue weighted by molar-refractivity contribution is 6.33. The van der Waals surface area contributed by atoms with Crippen LogP contribution >= 0.6 is 11.6 Å². The van der Waals surface area contributed by atoms with E-state index in [1.54, 1.807) is 23.5 Å². The number of hydrogen-bond acceptors (Lipinski definition) is 2. The van der Waals surface area contributed by atoms with E-state index in [2.05, 4.69) is 10.6 Å². The van der Waals surface area contributed by atoms with Gasteiger partial charge in [0.15, 0.2) is 0 Å². The first-order valence-corrected chi connectivity index (χ1v) is 6.28. The van der Waals surface area contributed by atoms with Gasteiger partial charge < -0.3 is 16.0 Å². The first kappa shape index (κ1) is 17.1. The summed E-state index contributed by atoms with van der Waals surface area (Å²) in [6, 6.07) is 5.44. The molecule has 3 amide bonds. The van der Waals surface area contributed by atoms with Crippen LogP contribution in [0.5, 0.6) is 0 Å². The maximum atomic E-state index is 11.8. The van der Waals surface area contributed by atoms with Crippen molar-refractivity contribution in [1.29, 1.82) is 0 Å². The molecule has 0 aromatic heterocycles. The van der Waals surface area contributed by atoms with Crippen molar-refractivity contribution < 1.29 is 22.8 Å². The molecule has 0 unspecified atom stereocenters. The average Bonchev–Trinajstić information content (AvgIpc) is 2.41. The molecule has 0 saturated heterocycles. The van der Waals surface area contributed by atoms with Crippen molar-refractivity contribution in [2.75, 3.05) is 19.6 Å². The maximum absolute atomic E-state index is 11.8. The third-order valence-corrected chi connectivity index (χ3v) is 2.59. The van der Waals surface area contributed by atoms with E-state index in [0.29, 0.717) is 0 Å². The molecule has 3 N–H and O–H groups in total. The first-order valence-electron chi connectivity index (χ1n) is 5.91. The third kappa shape index (κ3) is 6.84. The van der Waals surface area contributed by atoms with Gasteiger partial charge in [0.1, 0.15) is 6.54 Å². The molecule has 0 spiro atoms. The SMILES string of the molecule is O=C(NCCNC(=O)c1ccccc1Cl)NCC(F)(F)F. The van der Waals surface area contributed by atoms with Crippen LogP contribution in [0.2, 0.25) is 5.02 Å². The molecule has 1 aromatic carbocycles. The maximum Gasteiger partial charge on any atom is 0.405 e. The summed E-state index contributed by atoms with van der Waals surface area (Å²) in [5.41, 5.74) is 0.278. The molecule has 5 nitrogen and oxygen atoms in total. The molecule has 116 valence electrons. The lowest BCUT2D eigenvalue weighted by Gasteiger charge is -2.10. The quantitative estimate of drug-likeness (QED) is 0.725.